The molecular weight excluding hydrogens is 282 g/mol. The summed E-state index contributed by atoms with van der Waals surface area (Å²) in [6.07, 6.45) is 4.79. The second-order valence-electron chi connectivity index (χ2n) is 6.35. The Labute approximate surface area is 129 Å². The largest absolute Gasteiger partial charge is 0.478 e. The van der Waals surface area contributed by atoms with Crippen LogP contribution in [0.15, 0.2) is 24.3 Å². The maximum Gasteiger partial charge on any atom is 0.335 e. The molecule has 1 spiro atoms. The van der Waals surface area contributed by atoms with Gasteiger partial charge in [0, 0.05) is 18.6 Å². The highest BCUT2D eigenvalue weighted by Gasteiger charge is 2.59. The first kappa shape index (κ1) is 15.0. The van der Waals surface area contributed by atoms with E-state index in [1.165, 1.54) is 12.5 Å². The van der Waals surface area contributed by atoms with Gasteiger partial charge in [0.25, 0.3) is 0 Å². The van der Waals surface area contributed by atoms with Crippen molar-refractivity contribution in [2.24, 2.45) is 5.41 Å². The molecule has 118 valence electrons. The molecule has 0 aliphatic heterocycles. The van der Waals surface area contributed by atoms with Crippen LogP contribution in [-0.2, 0) is 16.0 Å². The van der Waals surface area contributed by atoms with Gasteiger partial charge in [0.05, 0.1) is 18.1 Å². The molecule has 3 rings (SSSR count). The lowest BCUT2D eigenvalue weighted by Gasteiger charge is -2.60. The third kappa shape index (κ3) is 2.50. The molecule has 22 heavy (non-hydrogen) atoms. The summed E-state index contributed by atoms with van der Waals surface area (Å²) >= 11 is 0. The van der Waals surface area contributed by atoms with Crippen molar-refractivity contribution in [3.8, 4) is 0 Å². The predicted molar refractivity (Wildman–Crippen MR) is 80.7 cm³/mol. The van der Waals surface area contributed by atoms with Crippen LogP contribution in [0.3, 0.4) is 0 Å². The van der Waals surface area contributed by atoms with E-state index in [1.807, 2.05) is 0 Å². The van der Waals surface area contributed by atoms with Gasteiger partial charge in [-0.1, -0.05) is 18.6 Å². The molecule has 5 nitrogen and oxygen atoms in total. The second kappa shape index (κ2) is 5.72. The van der Waals surface area contributed by atoms with E-state index in [0.717, 1.165) is 24.8 Å². The number of methoxy groups -OCH3 is 1. The van der Waals surface area contributed by atoms with Gasteiger partial charge in [-0.05, 0) is 37.0 Å². The first-order valence-corrected chi connectivity index (χ1v) is 7.69. The Hall–Kier alpha value is -1.88. The average molecular weight is 303 g/mol. The normalized spacial score (nSPS) is 25.1. The van der Waals surface area contributed by atoms with Gasteiger partial charge in [0.15, 0.2) is 0 Å². The Bertz CT molecular complexity index is 594. The summed E-state index contributed by atoms with van der Waals surface area (Å²) in [4.78, 5) is 23.2. The highest BCUT2D eigenvalue weighted by Crippen LogP contribution is 2.57. The number of hydrogen-bond acceptors (Lipinski definition) is 3. The molecule has 0 radical (unpaired) electrons. The number of rotatable bonds is 5. The molecule has 0 aromatic heterocycles. The van der Waals surface area contributed by atoms with Crippen LogP contribution in [0.2, 0.25) is 0 Å². The van der Waals surface area contributed by atoms with E-state index >= 15 is 0 Å². The highest BCUT2D eigenvalue weighted by atomic mass is 16.5. The number of carbonyl (C=O) groups excluding carboxylic acids is 1. The van der Waals surface area contributed by atoms with Crippen molar-refractivity contribution in [3.63, 3.8) is 0 Å². The maximum absolute atomic E-state index is 12.2. The second-order valence-corrected chi connectivity index (χ2v) is 6.35. The Kier molecular flexibility index (Phi) is 3.91. The Morgan fingerprint density at radius 2 is 2.18 bits per heavy atom. The van der Waals surface area contributed by atoms with Crippen LogP contribution in [-0.4, -0.2) is 36.2 Å². The summed E-state index contributed by atoms with van der Waals surface area (Å²) < 4.78 is 5.50. The molecule has 2 fully saturated rings. The van der Waals surface area contributed by atoms with Gasteiger partial charge in [-0.3, -0.25) is 4.79 Å². The van der Waals surface area contributed by atoms with Gasteiger partial charge >= 0.3 is 5.97 Å². The fourth-order valence-corrected chi connectivity index (χ4v) is 3.78. The summed E-state index contributed by atoms with van der Waals surface area (Å²) in [7, 11) is 1.74. The lowest BCUT2D eigenvalue weighted by atomic mass is 9.51. The molecule has 1 amide bonds. The molecule has 2 unspecified atom stereocenters. The minimum Gasteiger partial charge on any atom is -0.478 e. The molecule has 2 aliphatic carbocycles. The third-order valence-electron chi connectivity index (χ3n) is 5.23. The van der Waals surface area contributed by atoms with Gasteiger partial charge in [0.2, 0.25) is 5.91 Å². The van der Waals surface area contributed by atoms with Gasteiger partial charge in [-0.15, -0.1) is 0 Å². The zero-order chi connectivity index (χ0) is 15.7. The minimum atomic E-state index is -0.974. The van der Waals surface area contributed by atoms with E-state index in [-0.39, 0.29) is 35.5 Å². The quantitative estimate of drug-likeness (QED) is 0.872. The van der Waals surface area contributed by atoms with Crippen molar-refractivity contribution < 1.29 is 19.4 Å². The van der Waals surface area contributed by atoms with Crippen molar-refractivity contribution in [3.05, 3.63) is 35.4 Å². The topological polar surface area (TPSA) is 75.6 Å². The summed E-state index contributed by atoms with van der Waals surface area (Å²) in [5.41, 5.74) is 1.08. The zero-order valence-corrected chi connectivity index (χ0v) is 12.7. The van der Waals surface area contributed by atoms with Crippen LogP contribution >= 0.6 is 0 Å². The van der Waals surface area contributed by atoms with Crippen LogP contribution in [0.1, 0.15) is 41.6 Å². The molecule has 5 heteroatoms. The molecule has 1 aromatic carbocycles. The fraction of sp³-hybridized carbons (Fsp3) is 0.529. The number of aromatic carboxylic acids is 1. The van der Waals surface area contributed by atoms with Crippen LogP contribution in [0.25, 0.3) is 0 Å². The first-order chi connectivity index (χ1) is 10.5. The molecular formula is C17H21NO4. The van der Waals surface area contributed by atoms with Crippen molar-refractivity contribution in [1.82, 2.24) is 5.32 Å². The third-order valence-corrected chi connectivity index (χ3v) is 5.23. The van der Waals surface area contributed by atoms with Gasteiger partial charge in [-0.2, -0.15) is 0 Å². The van der Waals surface area contributed by atoms with E-state index < -0.39 is 5.97 Å². The number of hydrogen-bond donors (Lipinski definition) is 2. The molecule has 0 bridgehead atoms. The van der Waals surface area contributed by atoms with Gasteiger partial charge in [-0.25, -0.2) is 4.79 Å². The number of carbonyl (C=O) groups is 2. The van der Waals surface area contributed by atoms with Gasteiger partial charge < -0.3 is 15.2 Å². The molecule has 0 heterocycles. The van der Waals surface area contributed by atoms with E-state index in [1.54, 1.807) is 25.3 Å². The predicted octanol–water partition coefficient (Wildman–Crippen LogP) is 2.00. The van der Waals surface area contributed by atoms with Crippen molar-refractivity contribution in [2.45, 2.75) is 44.2 Å². The first-order valence-electron chi connectivity index (χ1n) is 7.69. The van der Waals surface area contributed by atoms with E-state index in [9.17, 15) is 9.59 Å². The average Bonchev–Trinajstić information content (AvgIpc) is 2.41. The standard InChI is InChI=1S/C17H21NO4/c1-22-14-10-13(17(14)6-3-7-17)18-15(19)9-11-4-2-5-12(8-11)16(20)21/h2,4-5,8,13-14H,3,6-7,9-10H2,1H3,(H,18,19)(H,20,21). The smallest absolute Gasteiger partial charge is 0.335 e. The number of carboxylic acid groups (broad SMARTS) is 1. The Morgan fingerprint density at radius 1 is 1.41 bits per heavy atom. The maximum atomic E-state index is 12.2. The molecule has 1 aromatic rings. The monoisotopic (exact) mass is 303 g/mol. The number of ether oxygens (including phenoxy) is 1. The lowest BCUT2D eigenvalue weighted by Crippen LogP contribution is -2.67. The molecule has 2 saturated carbocycles. The summed E-state index contributed by atoms with van der Waals surface area (Å²) in [6.45, 7) is 0. The van der Waals surface area contributed by atoms with Crippen LogP contribution in [0, 0.1) is 5.41 Å². The number of amides is 1. The van der Waals surface area contributed by atoms with Crippen LogP contribution < -0.4 is 5.32 Å². The van der Waals surface area contributed by atoms with Crippen molar-refractivity contribution >= 4 is 11.9 Å². The van der Waals surface area contributed by atoms with E-state index in [2.05, 4.69) is 5.32 Å². The number of nitrogens with one attached hydrogen (secondary N) is 1. The minimum absolute atomic E-state index is 0.0478. The molecule has 2 N–H and O–H groups in total. The zero-order valence-electron chi connectivity index (χ0n) is 12.7. The van der Waals surface area contributed by atoms with E-state index in [0.29, 0.717) is 0 Å². The Morgan fingerprint density at radius 3 is 2.77 bits per heavy atom. The highest BCUT2D eigenvalue weighted by molar-refractivity contribution is 5.88. The number of benzene rings is 1. The molecule has 0 saturated heterocycles. The fourth-order valence-electron chi connectivity index (χ4n) is 3.78. The SMILES string of the molecule is COC1CC(NC(=O)Cc2cccc(C(=O)O)c2)C12CCC2. The summed E-state index contributed by atoms with van der Waals surface area (Å²) in [6, 6.07) is 6.73. The van der Waals surface area contributed by atoms with Crippen LogP contribution in [0.5, 0.6) is 0 Å². The molecule has 2 aliphatic rings. The number of carboxylic acids is 1. The Balaban J connectivity index is 1.59. The van der Waals surface area contributed by atoms with Crippen LogP contribution in [0.4, 0.5) is 0 Å². The summed E-state index contributed by atoms with van der Waals surface area (Å²) in [5, 5.41) is 12.1. The van der Waals surface area contributed by atoms with E-state index in [4.69, 9.17) is 9.84 Å². The molecule has 2 atom stereocenters. The summed E-state index contributed by atoms with van der Waals surface area (Å²) in [5.74, 6) is -1.02. The van der Waals surface area contributed by atoms with Gasteiger partial charge in [0.1, 0.15) is 0 Å². The van der Waals surface area contributed by atoms with Crippen molar-refractivity contribution in [2.75, 3.05) is 7.11 Å². The van der Waals surface area contributed by atoms with Crippen molar-refractivity contribution in [1.29, 1.82) is 0 Å². The lowest BCUT2D eigenvalue weighted by molar-refractivity contribution is -0.166.